The third-order valence-electron chi connectivity index (χ3n) is 4.07. The van der Waals surface area contributed by atoms with E-state index in [4.69, 9.17) is 4.74 Å². The lowest BCUT2D eigenvalue weighted by Gasteiger charge is -2.20. The van der Waals surface area contributed by atoms with Gasteiger partial charge < -0.3 is 14.8 Å². The van der Waals surface area contributed by atoms with E-state index in [2.05, 4.69) is 10.1 Å². The Bertz CT molecular complexity index is 805. The molecule has 1 amide bonds. The van der Waals surface area contributed by atoms with E-state index in [1.807, 2.05) is 31.2 Å². The summed E-state index contributed by atoms with van der Waals surface area (Å²) in [5.74, 6) is -0.673. The second-order valence-electron chi connectivity index (χ2n) is 6.97. The molecule has 0 aliphatic rings. The number of amides is 1. The molecule has 1 atom stereocenters. The van der Waals surface area contributed by atoms with Crippen LogP contribution in [0.2, 0.25) is 0 Å². The average molecular weight is 405 g/mol. The summed E-state index contributed by atoms with van der Waals surface area (Å²) in [7, 11) is 0. The minimum Gasteiger partial charge on any atom is -0.463 e. The van der Waals surface area contributed by atoms with E-state index >= 15 is 0 Å². The molecule has 1 N–H and O–H groups in total. The van der Waals surface area contributed by atoms with Crippen molar-refractivity contribution in [3.63, 3.8) is 0 Å². The molecule has 2 aromatic carbocycles. The van der Waals surface area contributed by atoms with Crippen LogP contribution in [0.15, 0.2) is 48.5 Å². The maximum atomic E-state index is 12.5. The van der Waals surface area contributed by atoms with E-state index in [1.165, 1.54) is 12.1 Å². The third-order valence-corrected chi connectivity index (χ3v) is 4.07. The van der Waals surface area contributed by atoms with Gasteiger partial charge in [-0.15, -0.1) is 0 Å². The fourth-order valence-corrected chi connectivity index (χ4v) is 2.75. The van der Waals surface area contributed by atoms with Crippen LogP contribution in [0.5, 0.6) is 5.75 Å². The molecule has 0 aromatic heterocycles. The van der Waals surface area contributed by atoms with Gasteiger partial charge in [0, 0.05) is 0 Å². The van der Waals surface area contributed by atoms with E-state index in [1.54, 1.807) is 26.0 Å². The molecule has 0 saturated carbocycles. The van der Waals surface area contributed by atoms with Crippen LogP contribution in [0.4, 0.5) is 8.78 Å². The van der Waals surface area contributed by atoms with Crippen molar-refractivity contribution in [2.24, 2.45) is 0 Å². The van der Waals surface area contributed by atoms with Gasteiger partial charge in [0.25, 0.3) is 0 Å². The van der Waals surface area contributed by atoms with Crippen LogP contribution in [0, 0.1) is 6.92 Å². The summed E-state index contributed by atoms with van der Waals surface area (Å²) in [6.45, 7) is 2.58. The van der Waals surface area contributed by atoms with Crippen LogP contribution in [-0.2, 0) is 20.7 Å². The first kappa shape index (κ1) is 22.3. The second-order valence-corrected chi connectivity index (χ2v) is 6.97. The Morgan fingerprint density at radius 2 is 1.62 bits per heavy atom. The lowest BCUT2D eigenvalue weighted by atomic mass is 10.0. The standard InChI is InChI=1S/C22H25F2NO4/c1-14(2)28-21(27)13-19(17-8-4-15(3)5-9-17)25-20(26)12-16-6-10-18(11-7-16)29-22(23)24/h4-11,14,19,22H,12-13H2,1-3H3,(H,25,26). The van der Waals surface area contributed by atoms with Crippen LogP contribution in [0.3, 0.4) is 0 Å². The molecule has 0 bridgehead atoms. The number of alkyl halides is 2. The Morgan fingerprint density at radius 3 is 2.17 bits per heavy atom. The number of nitrogens with one attached hydrogen (secondary N) is 1. The number of carbonyl (C=O) groups is 2. The smallest absolute Gasteiger partial charge is 0.387 e. The predicted molar refractivity (Wildman–Crippen MR) is 105 cm³/mol. The average Bonchev–Trinajstić information content (AvgIpc) is 2.62. The molecule has 0 spiro atoms. The van der Waals surface area contributed by atoms with Crippen LogP contribution >= 0.6 is 0 Å². The number of ether oxygens (including phenoxy) is 2. The zero-order chi connectivity index (χ0) is 21.4. The van der Waals surface area contributed by atoms with Crippen LogP contribution in [0.25, 0.3) is 0 Å². The number of benzene rings is 2. The molecule has 0 aliphatic heterocycles. The Balaban J connectivity index is 2.05. The molecular formula is C22H25F2NO4. The summed E-state index contributed by atoms with van der Waals surface area (Å²) in [6.07, 6.45) is -0.198. The van der Waals surface area contributed by atoms with E-state index in [-0.39, 0.29) is 30.6 Å². The number of halogens is 2. The molecule has 0 heterocycles. The summed E-state index contributed by atoms with van der Waals surface area (Å²) in [4.78, 5) is 24.6. The number of rotatable bonds is 9. The van der Waals surface area contributed by atoms with Crippen LogP contribution in [0.1, 0.15) is 43.0 Å². The summed E-state index contributed by atoms with van der Waals surface area (Å²) in [6, 6.07) is 12.9. The maximum Gasteiger partial charge on any atom is 0.387 e. The molecule has 0 aliphatic carbocycles. The Hall–Kier alpha value is -2.96. The first-order valence-electron chi connectivity index (χ1n) is 9.32. The Morgan fingerprint density at radius 1 is 1.00 bits per heavy atom. The van der Waals surface area contributed by atoms with Crippen LogP contribution < -0.4 is 10.1 Å². The minimum atomic E-state index is -2.90. The zero-order valence-electron chi connectivity index (χ0n) is 16.7. The summed E-state index contributed by atoms with van der Waals surface area (Å²) < 4.78 is 33.9. The number of hydrogen-bond donors (Lipinski definition) is 1. The first-order chi connectivity index (χ1) is 13.7. The third kappa shape index (κ3) is 7.89. The van der Waals surface area contributed by atoms with Gasteiger partial charge in [0.2, 0.25) is 5.91 Å². The van der Waals surface area contributed by atoms with Crippen molar-refractivity contribution in [2.75, 3.05) is 0 Å². The van der Waals surface area contributed by atoms with Crippen molar-refractivity contribution < 1.29 is 27.8 Å². The Labute approximate surface area is 169 Å². The van der Waals surface area contributed by atoms with Crippen molar-refractivity contribution in [3.8, 4) is 5.75 Å². The molecule has 29 heavy (non-hydrogen) atoms. The lowest BCUT2D eigenvalue weighted by molar-refractivity contribution is -0.148. The molecule has 2 rings (SSSR count). The zero-order valence-corrected chi connectivity index (χ0v) is 16.7. The van der Waals surface area contributed by atoms with Gasteiger partial charge in [0.05, 0.1) is 25.0 Å². The highest BCUT2D eigenvalue weighted by molar-refractivity contribution is 5.80. The largest absolute Gasteiger partial charge is 0.463 e. The molecule has 7 heteroatoms. The monoisotopic (exact) mass is 405 g/mol. The molecule has 0 radical (unpaired) electrons. The fourth-order valence-electron chi connectivity index (χ4n) is 2.75. The van der Waals surface area contributed by atoms with Gasteiger partial charge >= 0.3 is 12.6 Å². The fraction of sp³-hybridized carbons (Fsp3) is 0.364. The van der Waals surface area contributed by atoms with E-state index in [0.717, 1.165) is 11.1 Å². The topological polar surface area (TPSA) is 64.6 Å². The highest BCUT2D eigenvalue weighted by Gasteiger charge is 2.20. The van der Waals surface area contributed by atoms with Gasteiger partial charge in [-0.3, -0.25) is 9.59 Å². The summed E-state index contributed by atoms with van der Waals surface area (Å²) in [5, 5.41) is 2.86. The molecule has 156 valence electrons. The van der Waals surface area contributed by atoms with E-state index in [0.29, 0.717) is 5.56 Å². The maximum absolute atomic E-state index is 12.5. The molecule has 2 aromatic rings. The van der Waals surface area contributed by atoms with Crippen molar-refractivity contribution >= 4 is 11.9 Å². The number of esters is 1. The quantitative estimate of drug-likeness (QED) is 0.631. The van der Waals surface area contributed by atoms with Gasteiger partial charge in [-0.2, -0.15) is 8.78 Å². The van der Waals surface area contributed by atoms with Crippen molar-refractivity contribution in [3.05, 3.63) is 65.2 Å². The summed E-state index contributed by atoms with van der Waals surface area (Å²) >= 11 is 0. The number of carbonyl (C=O) groups excluding carboxylic acids is 2. The normalized spacial score (nSPS) is 12.0. The van der Waals surface area contributed by atoms with Crippen molar-refractivity contribution in [2.45, 2.75) is 52.4 Å². The SMILES string of the molecule is Cc1ccc(C(CC(=O)OC(C)C)NC(=O)Cc2ccc(OC(F)F)cc2)cc1. The molecule has 5 nitrogen and oxygen atoms in total. The van der Waals surface area contributed by atoms with Gasteiger partial charge in [0.1, 0.15) is 5.75 Å². The minimum absolute atomic E-state index is 0.00808. The predicted octanol–water partition coefficient (Wildman–Crippen LogP) is 4.34. The first-order valence-corrected chi connectivity index (χ1v) is 9.32. The molecule has 1 unspecified atom stereocenters. The summed E-state index contributed by atoms with van der Waals surface area (Å²) in [5.41, 5.74) is 2.50. The van der Waals surface area contributed by atoms with Gasteiger partial charge in [-0.05, 0) is 44.0 Å². The number of hydrogen-bond acceptors (Lipinski definition) is 4. The number of aryl methyl sites for hydroxylation is 1. The molecule has 0 fully saturated rings. The highest BCUT2D eigenvalue weighted by Crippen LogP contribution is 2.20. The van der Waals surface area contributed by atoms with Gasteiger partial charge in [-0.1, -0.05) is 42.0 Å². The second kappa shape index (κ2) is 10.5. The highest BCUT2D eigenvalue weighted by atomic mass is 19.3. The molecular weight excluding hydrogens is 380 g/mol. The lowest BCUT2D eigenvalue weighted by Crippen LogP contribution is -2.32. The molecule has 0 saturated heterocycles. The van der Waals surface area contributed by atoms with Gasteiger partial charge in [-0.25, -0.2) is 0 Å². The van der Waals surface area contributed by atoms with Gasteiger partial charge in [0.15, 0.2) is 0 Å². The van der Waals surface area contributed by atoms with Crippen LogP contribution in [-0.4, -0.2) is 24.6 Å². The van der Waals surface area contributed by atoms with Crippen molar-refractivity contribution in [1.29, 1.82) is 0 Å². The van der Waals surface area contributed by atoms with Crippen molar-refractivity contribution in [1.82, 2.24) is 5.32 Å². The Kier molecular flexibility index (Phi) is 8.12. The van der Waals surface area contributed by atoms with E-state index < -0.39 is 18.6 Å². The van der Waals surface area contributed by atoms with E-state index in [9.17, 15) is 18.4 Å².